The fraction of sp³-hybridized carbons (Fsp3) is 0.609. The van der Waals surface area contributed by atoms with Crippen molar-refractivity contribution in [2.45, 2.75) is 258 Å². The summed E-state index contributed by atoms with van der Waals surface area (Å²) in [6, 6.07) is 0. The molecule has 6 heteroatoms. The van der Waals surface area contributed by atoms with Crippen molar-refractivity contribution in [3.63, 3.8) is 0 Å². The molecule has 0 rings (SSSR count). The average molecular weight is 1040 g/mol. The summed E-state index contributed by atoms with van der Waals surface area (Å²) >= 11 is 0. The van der Waals surface area contributed by atoms with Crippen molar-refractivity contribution in [3.8, 4) is 0 Å². The van der Waals surface area contributed by atoms with Crippen LogP contribution in [-0.2, 0) is 28.6 Å². The number of carbonyl (C=O) groups excluding carboxylic acids is 3. The van der Waals surface area contributed by atoms with Crippen molar-refractivity contribution < 1.29 is 28.6 Å². The zero-order chi connectivity index (χ0) is 54.3. The van der Waals surface area contributed by atoms with Crippen LogP contribution >= 0.6 is 0 Å². The fourth-order valence-corrected chi connectivity index (χ4v) is 7.80. The monoisotopic (exact) mass is 1030 g/mol. The van der Waals surface area contributed by atoms with Gasteiger partial charge in [-0.1, -0.05) is 256 Å². The van der Waals surface area contributed by atoms with Crippen LogP contribution in [0, 0.1) is 0 Å². The Morgan fingerprint density at radius 2 is 0.533 bits per heavy atom. The maximum atomic E-state index is 12.8. The summed E-state index contributed by atoms with van der Waals surface area (Å²) in [6.45, 7) is 6.36. The highest BCUT2D eigenvalue weighted by Gasteiger charge is 2.19. The molecule has 0 aromatic carbocycles. The molecule has 75 heavy (non-hydrogen) atoms. The summed E-state index contributed by atoms with van der Waals surface area (Å²) in [5.74, 6) is -0.994. The minimum absolute atomic E-state index is 0.105. The number of unbranched alkanes of at least 4 members (excludes halogenated alkanes) is 18. The first-order chi connectivity index (χ1) is 37.0. The molecule has 0 aliphatic carbocycles. The number of hydrogen-bond acceptors (Lipinski definition) is 6. The molecule has 0 aliphatic rings. The minimum Gasteiger partial charge on any atom is -0.462 e. The van der Waals surface area contributed by atoms with E-state index in [0.29, 0.717) is 19.3 Å². The largest absolute Gasteiger partial charge is 0.462 e. The molecule has 0 amide bonds. The van der Waals surface area contributed by atoms with Gasteiger partial charge in [0.2, 0.25) is 0 Å². The lowest BCUT2D eigenvalue weighted by Crippen LogP contribution is -2.30. The number of esters is 3. The molecular formula is C69H110O6. The van der Waals surface area contributed by atoms with E-state index in [0.717, 1.165) is 135 Å². The molecule has 0 radical (unpaired) electrons. The van der Waals surface area contributed by atoms with Crippen molar-refractivity contribution in [3.05, 3.63) is 146 Å². The van der Waals surface area contributed by atoms with E-state index in [2.05, 4.69) is 167 Å². The number of allylic oxidation sites excluding steroid dienone is 24. The van der Waals surface area contributed by atoms with Gasteiger partial charge in [0.15, 0.2) is 6.10 Å². The quantitative estimate of drug-likeness (QED) is 0.0261. The van der Waals surface area contributed by atoms with E-state index in [9.17, 15) is 14.4 Å². The van der Waals surface area contributed by atoms with Crippen LogP contribution in [0.2, 0.25) is 0 Å². The second-order valence-electron chi connectivity index (χ2n) is 19.5. The second-order valence-corrected chi connectivity index (χ2v) is 19.5. The van der Waals surface area contributed by atoms with Crippen molar-refractivity contribution in [2.75, 3.05) is 13.2 Å². The molecule has 0 N–H and O–H groups in total. The van der Waals surface area contributed by atoms with Crippen LogP contribution in [0.25, 0.3) is 0 Å². The normalized spacial score (nSPS) is 13.2. The lowest BCUT2D eigenvalue weighted by atomic mass is 10.1. The number of hydrogen-bond donors (Lipinski definition) is 0. The highest BCUT2D eigenvalue weighted by Crippen LogP contribution is 2.13. The number of carbonyl (C=O) groups is 3. The van der Waals surface area contributed by atoms with Gasteiger partial charge in [-0.2, -0.15) is 0 Å². The van der Waals surface area contributed by atoms with Crippen molar-refractivity contribution in [1.82, 2.24) is 0 Å². The molecule has 0 fully saturated rings. The molecule has 0 saturated heterocycles. The first-order valence-corrected chi connectivity index (χ1v) is 30.3. The first kappa shape index (κ1) is 70.3. The molecule has 0 saturated carbocycles. The maximum Gasteiger partial charge on any atom is 0.306 e. The molecule has 422 valence electrons. The van der Waals surface area contributed by atoms with E-state index >= 15 is 0 Å². The van der Waals surface area contributed by atoms with Gasteiger partial charge in [-0.25, -0.2) is 0 Å². The Bertz CT molecular complexity index is 1660. The Hall–Kier alpha value is -4.71. The van der Waals surface area contributed by atoms with Gasteiger partial charge in [0.05, 0.1) is 0 Å². The van der Waals surface area contributed by atoms with Crippen LogP contribution in [0.4, 0.5) is 0 Å². The summed E-state index contributed by atoms with van der Waals surface area (Å²) in [6.07, 6.45) is 88.9. The van der Waals surface area contributed by atoms with Crippen LogP contribution in [-0.4, -0.2) is 37.2 Å². The highest BCUT2D eigenvalue weighted by molar-refractivity contribution is 5.71. The Morgan fingerprint density at radius 3 is 0.867 bits per heavy atom. The fourth-order valence-electron chi connectivity index (χ4n) is 7.80. The topological polar surface area (TPSA) is 78.9 Å². The van der Waals surface area contributed by atoms with Gasteiger partial charge in [-0.05, 0) is 122 Å². The molecule has 6 nitrogen and oxygen atoms in total. The van der Waals surface area contributed by atoms with Gasteiger partial charge in [-0.15, -0.1) is 0 Å². The van der Waals surface area contributed by atoms with Gasteiger partial charge in [0.25, 0.3) is 0 Å². The van der Waals surface area contributed by atoms with E-state index in [1.807, 2.05) is 0 Å². The number of rotatable bonds is 53. The molecule has 0 heterocycles. The maximum absolute atomic E-state index is 12.8. The Kier molecular flexibility index (Phi) is 58.0. The summed E-state index contributed by atoms with van der Waals surface area (Å²) in [5.41, 5.74) is 0. The predicted molar refractivity (Wildman–Crippen MR) is 325 cm³/mol. The van der Waals surface area contributed by atoms with Gasteiger partial charge in [-0.3, -0.25) is 14.4 Å². The Morgan fingerprint density at radius 1 is 0.280 bits per heavy atom. The third kappa shape index (κ3) is 60.0. The average Bonchev–Trinajstić information content (AvgIpc) is 3.41. The van der Waals surface area contributed by atoms with E-state index in [1.165, 1.54) is 70.6 Å². The Labute approximate surface area is 461 Å². The van der Waals surface area contributed by atoms with Crippen LogP contribution in [0.15, 0.2) is 146 Å². The van der Waals surface area contributed by atoms with E-state index in [4.69, 9.17) is 14.2 Å². The zero-order valence-electron chi connectivity index (χ0n) is 48.3. The van der Waals surface area contributed by atoms with E-state index < -0.39 is 6.10 Å². The zero-order valence-corrected chi connectivity index (χ0v) is 48.3. The molecule has 1 unspecified atom stereocenters. The Balaban J connectivity index is 4.24. The van der Waals surface area contributed by atoms with Crippen molar-refractivity contribution >= 4 is 17.9 Å². The van der Waals surface area contributed by atoms with Crippen LogP contribution < -0.4 is 0 Å². The van der Waals surface area contributed by atoms with Gasteiger partial charge in [0, 0.05) is 19.3 Å². The molecule has 0 aromatic rings. The van der Waals surface area contributed by atoms with Gasteiger partial charge < -0.3 is 14.2 Å². The van der Waals surface area contributed by atoms with E-state index in [1.54, 1.807) is 0 Å². The molecule has 1 atom stereocenters. The first-order valence-electron chi connectivity index (χ1n) is 30.3. The third-order valence-corrected chi connectivity index (χ3v) is 12.3. The molecule has 0 spiro atoms. The summed E-state index contributed by atoms with van der Waals surface area (Å²) < 4.78 is 16.7. The van der Waals surface area contributed by atoms with Gasteiger partial charge >= 0.3 is 17.9 Å². The molecule has 0 aliphatic heterocycles. The lowest BCUT2D eigenvalue weighted by molar-refractivity contribution is -0.167. The smallest absolute Gasteiger partial charge is 0.306 e. The number of ether oxygens (including phenoxy) is 3. The third-order valence-electron chi connectivity index (χ3n) is 12.3. The van der Waals surface area contributed by atoms with Crippen molar-refractivity contribution in [2.24, 2.45) is 0 Å². The van der Waals surface area contributed by atoms with Gasteiger partial charge in [0.1, 0.15) is 13.2 Å². The molecular weight excluding hydrogens is 925 g/mol. The standard InChI is InChI=1S/C69H110O6/c1-4-7-10-13-15-17-19-21-23-25-27-29-31-32-33-34-35-36-38-39-41-43-45-47-49-51-53-56-59-62-68(71)74-65-66(64-73-67(70)61-58-55-12-9-6-3)75-69(72)63-60-57-54-52-50-48-46-44-42-40-37-30-28-26-24-22-20-18-16-14-11-8-5-2/h7,10,15,17,20-23,26-29,32-33,35-37,39-41,45,47,51,53,66H,4-6,8-9,11-14,16,18-19,24-25,30-31,34,38,42-44,46,48-50,52,54-65H2,1-3H3/b10-7-,17-15-,22-20-,23-21-,28-26-,29-27-,33-32-,36-35-,40-37-,41-39-,47-45-,53-51-. The second kappa shape index (κ2) is 61.8. The summed E-state index contributed by atoms with van der Waals surface area (Å²) in [5, 5.41) is 0. The van der Waals surface area contributed by atoms with E-state index in [-0.39, 0.29) is 37.5 Å². The van der Waals surface area contributed by atoms with Crippen molar-refractivity contribution in [1.29, 1.82) is 0 Å². The van der Waals surface area contributed by atoms with Crippen LogP contribution in [0.5, 0.6) is 0 Å². The predicted octanol–water partition coefficient (Wildman–Crippen LogP) is 20.8. The lowest BCUT2D eigenvalue weighted by Gasteiger charge is -2.18. The summed E-state index contributed by atoms with van der Waals surface area (Å²) in [7, 11) is 0. The SMILES string of the molecule is CC/C=C\C/C=C\C/C=C\C/C=C\C/C=C\C/C=C\C/C=C\C/C=C\C/C=C\CCCC(=O)OCC(COC(=O)CCCCCCC)OC(=O)CCCCCCCCCC/C=C\C/C=C\C/C=C\CCCCCCC. The summed E-state index contributed by atoms with van der Waals surface area (Å²) in [4.78, 5) is 37.8. The molecule has 0 aromatic heterocycles. The van der Waals surface area contributed by atoms with Crippen LogP contribution in [0.3, 0.4) is 0 Å². The molecule has 0 bridgehead atoms. The highest BCUT2D eigenvalue weighted by atomic mass is 16.6. The van der Waals surface area contributed by atoms with Crippen LogP contribution in [0.1, 0.15) is 252 Å². The minimum atomic E-state index is -0.808.